The van der Waals surface area contributed by atoms with Crippen LogP contribution in [-0.2, 0) is 0 Å². The average Bonchev–Trinajstić information content (AvgIpc) is 2.17. The van der Waals surface area contributed by atoms with E-state index in [-0.39, 0.29) is 5.91 Å². The van der Waals surface area contributed by atoms with Gasteiger partial charge in [0.25, 0.3) is 5.91 Å². The zero-order chi connectivity index (χ0) is 11.5. The molecule has 5 nitrogen and oxygen atoms in total. The topological polar surface area (TPSA) is 80.9 Å². The lowest BCUT2D eigenvalue weighted by atomic mass is 10.1. The van der Waals surface area contributed by atoms with Crippen molar-refractivity contribution in [3.63, 3.8) is 0 Å². The van der Waals surface area contributed by atoms with Crippen LogP contribution in [0.4, 0.5) is 0 Å². The van der Waals surface area contributed by atoms with Gasteiger partial charge in [0.1, 0.15) is 6.33 Å². The van der Waals surface area contributed by atoms with E-state index in [1.807, 2.05) is 13.8 Å². The van der Waals surface area contributed by atoms with Crippen LogP contribution in [0.15, 0.2) is 12.5 Å². The fourth-order valence-electron chi connectivity index (χ4n) is 1.04. The summed E-state index contributed by atoms with van der Waals surface area (Å²) in [7, 11) is 0. The number of hydrogen-bond donors (Lipinski definition) is 2. The number of carbonyl (C=O) groups excluding carboxylic acids is 1. The SMILES string of the molecule is Cc1ncncc1C(=O)NC(C)(C)CN. The molecule has 1 rings (SSSR count). The van der Waals surface area contributed by atoms with Crippen molar-refractivity contribution in [1.29, 1.82) is 0 Å². The molecule has 5 heteroatoms. The number of carbonyl (C=O) groups is 1. The summed E-state index contributed by atoms with van der Waals surface area (Å²) in [5, 5.41) is 2.82. The molecule has 0 fully saturated rings. The number of amides is 1. The summed E-state index contributed by atoms with van der Waals surface area (Å²) in [4.78, 5) is 19.6. The summed E-state index contributed by atoms with van der Waals surface area (Å²) >= 11 is 0. The van der Waals surface area contributed by atoms with Crippen molar-refractivity contribution in [2.75, 3.05) is 6.54 Å². The monoisotopic (exact) mass is 208 g/mol. The van der Waals surface area contributed by atoms with Crippen LogP contribution in [0.5, 0.6) is 0 Å². The zero-order valence-electron chi connectivity index (χ0n) is 9.24. The van der Waals surface area contributed by atoms with Crippen molar-refractivity contribution < 1.29 is 4.79 Å². The molecule has 0 saturated heterocycles. The third-order valence-electron chi connectivity index (χ3n) is 2.12. The predicted molar refractivity (Wildman–Crippen MR) is 57.4 cm³/mol. The minimum atomic E-state index is -0.417. The van der Waals surface area contributed by atoms with Gasteiger partial charge in [-0.25, -0.2) is 9.97 Å². The van der Waals surface area contributed by atoms with E-state index in [4.69, 9.17) is 5.73 Å². The number of rotatable bonds is 3. The standard InChI is InChI=1S/C10H16N4O/c1-7-8(4-12-6-13-7)9(15)14-10(2,3)5-11/h4,6H,5,11H2,1-3H3,(H,14,15). The summed E-state index contributed by atoms with van der Waals surface area (Å²) in [6, 6.07) is 0. The van der Waals surface area contributed by atoms with Gasteiger partial charge in [-0.2, -0.15) is 0 Å². The van der Waals surface area contributed by atoms with Crippen LogP contribution in [-0.4, -0.2) is 28.0 Å². The van der Waals surface area contributed by atoms with Crippen molar-refractivity contribution in [3.8, 4) is 0 Å². The molecule has 1 aromatic rings. The van der Waals surface area contributed by atoms with E-state index in [0.29, 0.717) is 17.8 Å². The van der Waals surface area contributed by atoms with Crippen LogP contribution in [0, 0.1) is 6.92 Å². The molecule has 0 radical (unpaired) electrons. The number of nitrogens with two attached hydrogens (primary N) is 1. The average molecular weight is 208 g/mol. The highest BCUT2D eigenvalue weighted by atomic mass is 16.1. The molecule has 0 aromatic carbocycles. The Balaban J connectivity index is 2.83. The lowest BCUT2D eigenvalue weighted by Crippen LogP contribution is -2.49. The normalized spacial score (nSPS) is 11.2. The van der Waals surface area contributed by atoms with Gasteiger partial charge in [-0.3, -0.25) is 4.79 Å². The predicted octanol–water partition coefficient (Wildman–Crippen LogP) is 0.252. The van der Waals surface area contributed by atoms with Crippen LogP contribution in [0.1, 0.15) is 29.9 Å². The Morgan fingerprint density at radius 3 is 2.80 bits per heavy atom. The van der Waals surface area contributed by atoms with E-state index >= 15 is 0 Å². The zero-order valence-corrected chi connectivity index (χ0v) is 9.24. The van der Waals surface area contributed by atoms with Gasteiger partial charge in [0.15, 0.2) is 0 Å². The molecule has 0 aliphatic carbocycles. The lowest BCUT2D eigenvalue weighted by molar-refractivity contribution is 0.0914. The van der Waals surface area contributed by atoms with Crippen molar-refractivity contribution in [2.45, 2.75) is 26.3 Å². The number of hydrogen-bond acceptors (Lipinski definition) is 4. The number of nitrogens with zero attached hydrogens (tertiary/aromatic N) is 2. The molecular formula is C10H16N4O. The van der Waals surface area contributed by atoms with E-state index in [1.54, 1.807) is 6.92 Å². The first-order chi connectivity index (χ1) is 6.96. The smallest absolute Gasteiger partial charge is 0.255 e. The van der Waals surface area contributed by atoms with E-state index in [2.05, 4.69) is 15.3 Å². The van der Waals surface area contributed by atoms with Gasteiger partial charge in [-0.1, -0.05) is 0 Å². The second-order valence-electron chi connectivity index (χ2n) is 4.06. The molecule has 1 aromatic heterocycles. The first-order valence-electron chi connectivity index (χ1n) is 4.75. The molecular weight excluding hydrogens is 192 g/mol. The van der Waals surface area contributed by atoms with Crippen LogP contribution in [0.2, 0.25) is 0 Å². The van der Waals surface area contributed by atoms with E-state index in [0.717, 1.165) is 0 Å². The minimum absolute atomic E-state index is 0.191. The molecule has 82 valence electrons. The highest BCUT2D eigenvalue weighted by molar-refractivity contribution is 5.95. The first kappa shape index (κ1) is 11.6. The van der Waals surface area contributed by atoms with Crippen LogP contribution in [0.25, 0.3) is 0 Å². The van der Waals surface area contributed by atoms with Gasteiger partial charge in [0.2, 0.25) is 0 Å². The Kier molecular flexibility index (Phi) is 3.36. The third kappa shape index (κ3) is 2.99. The molecule has 3 N–H and O–H groups in total. The fraction of sp³-hybridized carbons (Fsp3) is 0.500. The first-order valence-corrected chi connectivity index (χ1v) is 4.75. The van der Waals surface area contributed by atoms with Gasteiger partial charge in [-0.15, -0.1) is 0 Å². The molecule has 0 atom stereocenters. The maximum Gasteiger partial charge on any atom is 0.255 e. The second kappa shape index (κ2) is 4.35. The van der Waals surface area contributed by atoms with E-state index in [9.17, 15) is 4.79 Å². The highest BCUT2D eigenvalue weighted by Gasteiger charge is 2.20. The largest absolute Gasteiger partial charge is 0.346 e. The van der Waals surface area contributed by atoms with Gasteiger partial charge in [0, 0.05) is 18.3 Å². The summed E-state index contributed by atoms with van der Waals surface area (Å²) in [5.41, 5.74) is 6.25. The molecule has 0 unspecified atom stereocenters. The van der Waals surface area contributed by atoms with Crippen LogP contribution in [0.3, 0.4) is 0 Å². The maximum atomic E-state index is 11.8. The van der Waals surface area contributed by atoms with Gasteiger partial charge in [0.05, 0.1) is 11.3 Å². The van der Waals surface area contributed by atoms with Gasteiger partial charge >= 0.3 is 0 Å². The van der Waals surface area contributed by atoms with Crippen molar-refractivity contribution >= 4 is 5.91 Å². The fourth-order valence-corrected chi connectivity index (χ4v) is 1.04. The Labute approximate surface area is 89.1 Å². The van der Waals surface area contributed by atoms with E-state index < -0.39 is 5.54 Å². The van der Waals surface area contributed by atoms with Gasteiger partial charge < -0.3 is 11.1 Å². The number of aryl methyl sites for hydroxylation is 1. The van der Waals surface area contributed by atoms with Gasteiger partial charge in [-0.05, 0) is 20.8 Å². The Hall–Kier alpha value is -1.49. The van der Waals surface area contributed by atoms with Crippen molar-refractivity contribution in [2.24, 2.45) is 5.73 Å². The lowest BCUT2D eigenvalue weighted by Gasteiger charge is -2.24. The molecule has 15 heavy (non-hydrogen) atoms. The summed E-state index contributed by atoms with van der Waals surface area (Å²) in [6.45, 7) is 5.88. The van der Waals surface area contributed by atoms with Crippen LogP contribution >= 0.6 is 0 Å². The minimum Gasteiger partial charge on any atom is -0.346 e. The molecule has 0 aliphatic rings. The molecule has 1 amide bonds. The maximum absolute atomic E-state index is 11.8. The molecule has 0 aliphatic heterocycles. The van der Waals surface area contributed by atoms with E-state index in [1.165, 1.54) is 12.5 Å². The Morgan fingerprint density at radius 1 is 1.60 bits per heavy atom. The second-order valence-corrected chi connectivity index (χ2v) is 4.06. The summed E-state index contributed by atoms with van der Waals surface area (Å²) in [6.07, 6.45) is 2.92. The number of aromatic nitrogens is 2. The van der Waals surface area contributed by atoms with Crippen molar-refractivity contribution in [3.05, 3.63) is 23.8 Å². The molecule has 0 saturated carbocycles. The number of nitrogens with one attached hydrogen (secondary N) is 1. The Bertz CT molecular complexity index is 362. The van der Waals surface area contributed by atoms with Crippen LogP contribution < -0.4 is 11.1 Å². The van der Waals surface area contributed by atoms with Crippen molar-refractivity contribution in [1.82, 2.24) is 15.3 Å². The summed E-state index contributed by atoms with van der Waals surface area (Å²) < 4.78 is 0. The molecule has 0 bridgehead atoms. The quantitative estimate of drug-likeness (QED) is 0.746. The summed E-state index contributed by atoms with van der Waals surface area (Å²) in [5.74, 6) is -0.191. The Morgan fingerprint density at radius 2 is 2.27 bits per heavy atom. The highest BCUT2D eigenvalue weighted by Crippen LogP contribution is 2.05. The molecule has 0 spiro atoms. The molecule has 1 heterocycles. The third-order valence-corrected chi connectivity index (χ3v) is 2.12.